The van der Waals surface area contributed by atoms with Gasteiger partial charge < -0.3 is 14.8 Å². The van der Waals surface area contributed by atoms with Crippen molar-refractivity contribution >= 4 is 23.1 Å². The highest BCUT2D eigenvalue weighted by molar-refractivity contribution is 7.12. The molecule has 0 saturated carbocycles. The van der Waals surface area contributed by atoms with Crippen LogP contribution in [0.1, 0.15) is 11.3 Å². The van der Waals surface area contributed by atoms with E-state index in [1.165, 1.54) is 11.3 Å². The van der Waals surface area contributed by atoms with Gasteiger partial charge in [-0.3, -0.25) is 4.79 Å². The SMILES string of the molecule is COc1ccc(-c2csc(-n3nc(C)cc3NC(=O)COc3cccc(C)c3)n2)cc1. The monoisotopic (exact) mass is 434 g/mol. The number of aryl methyl sites for hydroxylation is 2. The van der Waals surface area contributed by atoms with Gasteiger partial charge in [-0.2, -0.15) is 9.78 Å². The first-order chi connectivity index (χ1) is 15.0. The van der Waals surface area contributed by atoms with Crippen LogP contribution < -0.4 is 14.8 Å². The Morgan fingerprint density at radius 1 is 1.10 bits per heavy atom. The number of benzene rings is 2. The van der Waals surface area contributed by atoms with Gasteiger partial charge >= 0.3 is 0 Å². The molecule has 7 nitrogen and oxygen atoms in total. The fourth-order valence-electron chi connectivity index (χ4n) is 3.02. The molecule has 2 aromatic heterocycles. The Kier molecular flexibility index (Phi) is 5.99. The molecule has 0 aliphatic heterocycles. The lowest BCUT2D eigenvalue weighted by Crippen LogP contribution is -2.21. The second kappa shape index (κ2) is 9.01. The molecule has 0 aliphatic rings. The number of methoxy groups -OCH3 is 1. The number of amides is 1. The molecule has 0 saturated heterocycles. The summed E-state index contributed by atoms with van der Waals surface area (Å²) >= 11 is 1.45. The van der Waals surface area contributed by atoms with Crippen LogP contribution in [-0.2, 0) is 4.79 Å². The molecule has 2 heterocycles. The van der Waals surface area contributed by atoms with Crippen molar-refractivity contribution < 1.29 is 14.3 Å². The lowest BCUT2D eigenvalue weighted by molar-refractivity contribution is -0.118. The summed E-state index contributed by atoms with van der Waals surface area (Å²) in [6.45, 7) is 3.75. The van der Waals surface area contributed by atoms with Crippen LogP contribution in [-0.4, -0.2) is 34.4 Å². The van der Waals surface area contributed by atoms with Crippen molar-refractivity contribution in [3.8, 4) is 27.9 Å². The molecule has 0 fully saturated rings. The van der Waals surface area contributed by atoms with E-state index in [1.54, 1.807) is 17.9 Å². The van der Waals surface area contributed by atoms with Crippen molar-refractivity contribution in [2.45, 2.75) is 13.8 Å². The number of ether oxygens (including phenoxy) is 2. The van der Waals surface area contributed by atoms with Gasteiger partial charge in [0.1, 0.15) is 17.3 Å². The highest BCUT2D eigenvalue weighted by atomic mass is 32.1. The van der Waals surface area contributed by atoms with Crippen molar-refractivity contribution in [1.29, 1.82) is 0 Å². The zero-order valence-electron chi connectivity index (χ0n) is 17.5. The molecule has 1 amide bonds. The van der Waals surface area contributed by atoms with Crippen molar-refractivity contribution in [2.24, 2.45) is 0 Å². The summed E-state index contributed by atoms with van der Waals surface area (Å²) in [5.41, 5.74) is 3.65. The lowest BCUT2D eigenvalue weighted by atomic mass is 10.2. The zero-order valence-corrected chi connectivity index (χ0v) is 18.3. The summed E-state index contributed by atoms with van der Waals surface area (Å²) in [4.78, 5) is 17.1. The second-order valence-corrected chi connectivity index (χ2v) is 7.82. The third-order valence-corrected chi connectivity index (χ3v) is 5.33. The minimum absolute atomic E-state index is 0.0946. The molecule has 2 aromatic carbocycles. The van der Waals surface area contributed by atoms with Gasteiger partial charge in [0.2, 0.25) is 5.13 Å². The van der Waals surface area contributed by atoms with Crippen LogP contribution in [0.15, 0.2) is 60.0 Å². The van der Waals surface area contributed by atoms with E-state index in [0.29, 0.717) is 16.7 Å². The number of hydrogen-bond acceptors (Lipinski definition) is 6. The number of nitrogens with zero attached hydrogens (tertiary/aromatic N) is 3. The topological polar surface area (TPSA) is 78.3 Å². The van der Waals surface area contributed by atoms with Gasteiger partial charge in [0.15, 0.2) is 6.61 Å². The number of carbonyl (C=O) groups excluding carboxylic acids is 1. The van der Waals surface area contributed by atoms with Gasteiger partial charge in [0, 0.05) is 17.0 Å². The normalized spacial score (nSPS) is 10.7. The van der Waals surface area contributed by atoms with E-state index in [4.69, 9.17) is 9.47 Å². The maximum Gasteiger partial charge on any atom is 0.263 e. The van der Waals surface area contributed by atoms with Gasteiger partial charge in [-0.15, -0.1) is 11.3 Å². The van der Waals surface area contributed by atoms with Gasteiger partial charge in [0.25, 0.3) is 5.91 Å². The van der Waals surface area contributed by atoms with Crippen LogP contribution in [0.2, 0.25) is 0 Å². The smallest absolute Gasteiger partial charge is 0.263 e. The van der Waals surface area contributed by atoms with Crippen molar-refractivity contribution in [1.82, 2.24) is 14.8 Å². The molecule has 0 spiro atoms. The number of carbonyl (C=O) groups is 1. The van der Waals surface area contributed by atoms with E-state index in [-0.39, 0.29) is 12.5 Å². The third kappa shape index (κ3) is 4.92. The fourth-order valence-corrected chi connectivity index (χ4v) is 3.82. The summed E-state index contributed by atoms with van der Waals surface area (Å²) in [6, 6.07) is 17.1. The Morgan fingerprint density at radius 2 is 1.90 bits per heavy atom. The molecule has 4 aromatic rings. The predicted molar refractivity (Wildman–Crippen MR) is 121 cm³/mol. The molecule has 8 heteroatoms. The van der Waals surface area contributed by atoms with Crippen LogP contribution in [0.3, 0.4) is 0 Å². The highest BCUT2D eigenvalue weighted by Crippen LogP contribution is 2.27. The Balaban J connectivity index is 1.48. The minimum atomic E-state index is -0.269. The quantitative estimate of drug-likeness (QED) is 0.459. The molecule has 0 unspecified atom stereocenters. The molecule has 0 aliphatic carbocycles. The van der Waals surface area contributed by atoms with Crippen LogP contribution in [0, 0.1) is 13.8 Å². The summed E-state index contributed by atoms with van der Waals surface area (Å²) in [5, 5.41) is 9.97. The molecule has 0 radical (unpaired) electrons. The second-order valence-electron chi connectivity index (χ2n) is 6.98. The first kappa shape index (κ1) is 20.6. The predicted octanol–water partition coefficient (Wildman–Crippen LogP) is 4.64. The van der Waals surface area contributed by atoms with Crippen LogP contribution in [0.5, 0.6) is 11.5 Å². The number of rotatable bonds is 7. The Labute approximate surface area is 184 Å². The summed E-state index contributed by atoms with van der Waals surface area (Å²) < 4.78 is 12.4. The molecule has 31 heavy (non-hydrogen) atoms. The highest BCUT2D eigenvalue weighted by Gasteiger charge is 2.15. The van der Waals surface area contributed by atoms with E-state index in [2.05, 4.69) is 15.4 Å². The van der Waals surface area contributed by atoms with Crippen molar-refractivity contribution in [3.63, 3.8) is 0 Å². The van der Waals surface area contributed by atoms with E-state index in [0.717, 1.165) is 28.3 Å². The van der Waals surface area contributed by atoms with E-state index >= 15 is 0 Å². The van der Waals surface area contributed by atoms with E-state index in [1.807, 2.05) is 67.8 Å². The molecular formula is C23H22N4O3S. The van der Waals surface area contributed by atoms with Gasteiger partial charge in [-0.25, -0.2) is 4.98 Å². The number of hydrogen-bond donors (Lipinski definition) is 1. The molecule has 0 bridgehead atoms. The fraction of sp³-hybridized carbons (Fsp3) is 0.174. The number of thiazole rings is 1. The van der Waals surface area contributed by atoms with Crippen LogP contribution in [0.25, 0.3) is 16.4 Å². The largest absolute Gasteiger partial charge is 0.497 e. The maximum atomic E-state index is 12.4. The Bertz CT molecular complexity index is 1200. The molecular weight excluding hydrogens is 412 g/mol. The van der Waals surface area contributed by atoms with Gasteiger partial charge in [-0.1, -0.05) is 12.1 Å². The maximum absolute atomic E-state index is 12.4. The third-order valence-electron chi connectivity index (χ3n) is 4.52. The summed E-state index contributed by atoms with van der Waals surface area (Å²) in [6.07, 6.45) is 0. The molecule has 0 atom stereocenters. The average molecular weight is 435 g/mol. The van der Waals surface area contributed by atoms with Gasteiger partial charge in [0.05, 0.1) is 18.5 Å². The van der Waals surface area contributed by atoms with Crippen molar-refractivity contribution in [2.75, 3.05) is 19.0 Å². The van der Waals surface area contributed by atoms with E-state index in [9.17, 15) is 4.79 Å². The first-order valence-electron chi connectivity index (χ1n) is 9.68. The van der Waals surface area contributed by atoms with Crippen LogP contribution >= 0.6 is 11.3 Å². The minimum Gasteiger partial charge on any atom is -0.497 e. The molecule has 158 valence electrons. The Hall–Kier alpha value is -3.65. The first-order valence-corrected chi connectivity index (χ1v) is 10.6. The number of anilines is 1. The molecule has 1 N–H and O–H groups in total. The lowest BCUT2D eigenvalue weighted by Gasteiger charge is -2.08. The number of aromatic nitrogens is 3. The van der Waals surface area contributed by atoms with Crippen molar-refractivity contribution in [3.05, 3.63) is 71.2 Å². The van der Waals surface area contributed by atoms with Gasteiger partial charge in [-0.05, 0) is 55.8 Å². The summed E-state index contributed by atoms with van der Waals surface area (Å²) in [5.74, 6) is 1.73. The Morgan fingerprint density at radius 3 is 2.65 bits per heavy atom. The standard InChI is InChI=1S/C23H22N4O3S/c1-15-5-4-6-19(11-15)30-13-22(28)25-21-12-16(2)26-27(21)23-24-20(14-31-23)17-7-9-18(29-3)10-8-17/h4-12,14H,13H2,1-3H3,(H,25,28). The van der Waals surface area contributed by atoms with Crippen LogP contribution in [0.4, 0.5) is 5.82 Å². The zero-order chi connectivity index (χ0) is 21.8. The summed E-state index contributed by atoms with van der Waals surface area (Å²) in [7, 11) is 1.64. The average Bonchev–Trinajstić information content (AvgIpc) is 3.39. The number of nitrogens with one attached hydrogen (secondary N) is 1. The molecule has 4 rings (SSSR count). The van der Waals surface area contributed by atoms with E-state index < -0.39 is 0 Å².